The molecule has 4 aliphatic rings. The van der Waals surface area contributed by atoms with Crippen LogP contribution in [-0.2, 0) is 14.3 Å². The van der Waals surface area contributed by atoms with Crippen LogP contribution in [0.5, 0.6) is 0 Å². The number of unbranched alkanes of at least 4 members (excludes halogenated alkanes) is 14. The third-order valence-electron chi connectivity index (χ3n) is 16.0. The Morgan fingerprint density at radius 1 is 0.679 bits per heavy atom. The highest BCUT2D eigenvalue weighted by Gasteiger charge is 2.60. The van der Waals surface area contributed by atoms with Crippen molar-refractivity contribution in [3.63, 3.8) is 0 Å². The van der Waals surface area contributed by atoms with E-state index in [0.717, 1.165) is 81.7 Å². The van der Waals surface area contributed by atoms with Gasteiger partial charge in [0.25, 0.3) is 0 Å². The van der Waals surface area contributed by atoms with Gasteiger partial charge in [-0.3, -0.25) is 4.79 Å². The van der Waals surface area contributed by atoms with Crippen molar-refractivity contribution in [3.8, 4) is 0 Å². The molecule has 0 aliphatic heterocycles. The van der Waals surface area contributed by atoms with Crippen LogP contribution in [0.25, 0.3) is 0 Å². The predicted molar refractivity (Wildman–Crippen MR) is 233 cm³/mol. The average molecular weight is 781 g/mol. The summed E-state index contributed by atoms with van der Waals surface area (Å²) in [6, 6.07) is 0. The second-order valence-electron chi connectivity index (χ2n) is 19.9. The number of carbonyl (C=O) groups excluding carboxylic acids is 3. The highest BCUT2D eigenvalue weighted by atomic mass is 16.6. The molecule has 4 saturated carbocycles. The molecule has 56 heavy (non-hydrogen) atoms. The van der Waals surface area contributed by atoms with Crippen LogP contribution in [0.2, 0.25) is 0 Å². The molecular formula is C50H88N2O4. The fourth-order valence-corrected chi connectivity index (χ4v) is 12.6. The van der Waals surface area contributed by atoms with Crippen molar-refractivity contribution in [2.24, 2.45) is 46.3 Å². The third-order valence-corrected chi connectivity index (χ3v) is 16.0. The molecule has 2 amide bonds. The highest BCUT2D eigenvalue weighted by molar-refractivity contribution is 5.76. The number of Topliss-reactive ketones (excluding diaryl/α,β-unsaturated/α-hetero) is 1. The zero-order chi connectivity index (χ0) is 40.2. The summed E-state index contributed by atoms with van der Waals surface area (Å²) in [5.74, 6) is 4.87. The van der Waals surface area contributed by atoms with Gasteiger partial charge >= 0.3 is 6.09 Å². The number of rotatable bonds is 27. The van der Waals surface area contributed by atoms with Gasteiger partial charge in [-0.15, -0.1) is 0 Å². The molecule has 322 valence electrons. The minimum absolute atomic E-state index is 0.0685. The number of carbonyl (C=O) groups is 3. The fourth-order valence-electron chi connectivity index (χ4n) is 12.6. The van der Waals surface area contributed by atoms with E-state index in [9.17, 15) is 14.4 Å². The predicted octanol–water partition coefficient (Wildman–Crippen LogP) is 13.5. The average Bonchev–Trinajstić information content (AvgIpc) is 3.53. The molecule has 0 aromatic heterocycles. The van der Waals surface area contributed by atoms with Crippen LogP contribution < -0.4 is 10.6 Å². The molecule has 0 aromatic carbocycles. The Morgan fingerprint density at radius 2 is 1.29 bits per heavy atom. The number of nitrogens with one attached hydrogen (secondary N) is 2. The first-order valence-corrected chi connectivity index (χ1v) is 24.4. The molecular weight excluding hydrogens is 693 g/mol. The first kappa shape index (κ1) is 46.8. The van der Waals surface area contributed by atoms with Crippen molar-refractivity contribution >= 4 is 17.8 Å². The van der Waals surface area contributed by atoms with E-state index in [1.54, 1.807) is 6.92 Å². The number of hydrogen-bond donors (Lipinski definition) is 2. The van der Waals surface area contributed by atoms with Crippen molar-refractivity contribution in [2.45, 2.75) is 227 Å². The van der Waals surface area contributed by atoms with E-state index in [1.165, 1.54) is 128 Å². The maximum absolute atomic E-state index is 12.8. The summed E-state index contributed by atoms with van der Waals surface area (Å²) in [6.07, 6.45) is 39.2. The molecule has 2 N–H and O–H groups in total. The SMILES string of the molecule is CCCCCCCCC=CCCCCCCCCNC(=O)O[C@@H]1CC[C@@]2(C)C(CCC3C2CC[C@@]2(C)C3CC[C@@H]2[C@H](C)CCC(=O)NCCCCCC(C)=O)C1. The number of ketones is 1. The summed E-state index contributed by atoms with van der Waals surface area (Å²) < 4.78 is 6.06. The summed E-state index contributed by atoms with van der Waals surface area (Å²) in [6.45, 7) is 13.1. The lowest BCUT2D eigenvalue weighted by Crippen LogP contribution is -2.54. The lowest BCUT2D eigenvalue weighted by molar-refractivity contribution is -0.130. The molecule has 6 nitrogen and oxygen atoms in total. The minimum Gasteiger partial charge on any atom is -0.446 e. The van der Waals surface area contributed by atoms with Gasteiger partial charge in [-0.05, 0) is 162 Å². The van der Waals surface area contributed by atoms with Crippen LogP contribution in [0.1, 0.15) is 221 Å². The molecule has 0 radical (unpaired) electrons. The largest absolute Gasteiger partial charge is 0.446 e. The number of allylic oxidation sites excluding steroid dienone is 2. The Morgan fingerprint density at radius 3 is 1.98 bits per heavy atom. The summed E-state index contributed by atoms with van der Waals surface area (Å²) in [7, 11) is 0. The van der Waals surface area contributed by atoms with E-state index >= 15 is 0 Å². The molecule has 0 spiro atoms. The Labute approximate surface area is 345 Å². The lowest BCUT2D eigenvalue weighted by Gasteiger charge is -2.61. The number of amides is 2. The van der Waals surface area contributed by atoms with Gasteiger partial charge < -0.3 is 20.2 Å². The van der Waals surface area contributed by atoms with Gasteiger partial charge in [0.2, 0.25) is 5.91 Å². The molecule has 0 aromatic rings. The van der Waals surface area contributed by atoms with Crippen LogP contribution in [0.3, 0.4) is 0 Å². The molecule has 4 unspecified atom stereocenters. The van der Waals surface area contributed by atoms with Crippen LogP contribution in [0.15, 0.2) is 12.2 Å². The molecule has 4 rings (SSSR count). The normalized spacial score (nSPS) is 30.3. The van der Waals surface area contributed by atoms with Crippen LogP contribution in [0.4, 0.5) is 4.79 Å². The molecule has 4 aliphatic carbocycles. The van der Waals surface area contributed by atoms with E-state index in [-0.39, 0.29) is 23.9 Å². The quantitative estimate of drug-likeness (QED) is 0.0642. The third kappa shape index (κ3) is 14.5. The Bertz CT molecular complexity index is 1190. The van der Waals surface area contributed by atoms with E-state index < -0.39 is 0 Å². The lowest BCUT2D eigenvalue weighted by atomic mass is 9.44. The van der Waals surface area contributed by atoms with E-state index in [1.807, 2.05) is 0 Å². The van der Waals surface area contributed by atoms with Gasteiger partial charge in [-0.1, -0.05) is 104 Å². The smallest absolute Gasteiger partial charge is 0.407 e. The molecule has 0 bridgehead atoms. The van der Waals surface area contributed by atoms with Crippen LogP contribution in [-0.4, -0.2) is 37.0 Å². The van der Waals surface area contributed by atoms with Crippen molar-refractivity contribution in [1.82, 2.24) is 10.6 Å². The zero-order valence-electron chi connectivity index (χ0n) is 37.2. The van der Waals surface area contributed by atoms with Crippen LogP contribution in [0, 0.1) is 46.3 Å². The molecule has 6 heteroatoms. The van der Waals surface area contributed by atoms with Crippen molar-refractivity contribution in [2.75, 3.05) is 13.1 Å². The molecule has 0 heterocycles. The van der Waals surface area contributed by atoms with E-state index in [4.69, 9.17) is 4.74 Å². The monoisotopic (exact) mass is 781 g/mol. The van der Waals surface area contributed by atoms with Gasteiger partial charge in [0.15, 0.2) is 0 Å². The minimum atomic E-state index is -0.196. The first-order valence-electron chi connectivity index (χ1n) is 24.4. The van der Waals surface area contributed by atoms with Gasteiger partial charge in [0.05, 0.1) is 0 Å². The Hall–Kier alpha value is -1.85. The molecule has 4 fully saturated rings. The number of ether oxygens (including phenoxy) is 1. The maximum atomic E-state index is 12.8. The van der Waals surface area contributed by atoms with Gasteiger partial charge in [-0.25, -0.2) is 4.79 Å². The standard InChI is InChI=1S/C50H88N2O4/c1-6-7-8-9-10-11-12-13-14-15-16-17-18-19-20-23-37-52-48(55)56-42-32-34-49(4)41(38-42)27-28-43-45-30-29-44(50(45,5)35-33-46(43)49)39(2)26-31-47(54)51-36-24-21-22-25-40(3)53/h13-14,39,41-46H,6-12,15-38H2,1-5H3,(H,51,54)(H,52,55)/t39-,41?,42-,43?,44-,45?,46?,49+,50-/m1/s1. The number of hydrogen-bond acceptors (Lipinski definition) is 4. The van der Waals surface area contributed by atoms with E-state index in [0.29, 0.717) is 35.5 Å². The summed E-state index contributed by atoms with van der Waals surface area (Å²) in [5, 5.41) is 6.22. The van der Waals surface area contributed by atoms with Crippen molar-refractivity contribution in [3.05, 3.63) is 12.2 Å². The van der Waals surface area contributed by atoms with Gasteiger partial charge in [0.1, 0.15) is 11.9 Å². The first-order chi connectivity index (χ1) is 27.1. The Balaban J connectivity index is 1.06. The van der Waals surface area contributed by atoms with Crippen LogP contribution >= 0.6 is 0 Å². The van der Waals surface area contributed by atoms with Crippen molar-refractivity contribution < 1.29 is 19.1 Å². The fraction of sp³-hybridized carbons (Fsp3) is 0.900. The summed E-state index contributed by atoms with van der Waals surface area (Å²) >= 11 is 0. The number of fused-ring (bicyclic) bond motifs is 5. The second kappa shape index (κ2) is 24.9. The summed E-state index contributed by atoms with van der Waals surface area (Å²) in [4.78, 5) is 36.6. The Kier molecular flexibility index (Phi) is 20.8. The highest BCUT2D eigenvalue weighted by Crippen LogP contribution is 2.68. The zero-order valence-corrected chi connectivity index (χ0v) is 37.2. The van der Waals surface area contributed by atoms with Gasteiger partial charge in [-0.2, -0.15) is 0 Å². The molecule has 0 saturated heterocycles. The van der Waals surface area contributed by atoms with Crippen molar-refractivity contribution in [1.29, 1.82) is 0 Å². The second-order valence-corrected chi connectivity index (χ2v) is 19.9. The topological polar surface area (TPSA) is 84.5 Å². The van der Waals surface area contributed by atoms with E-state index in [2.05, 4.69) is 50.5 Å². The number of alkyl carbamates (subject to hydrolysis) is 1. The maximum Gasteiger partial charge on any atom is 0.407 e. The summed E-state index contributed by atoms with van der Waals surface area (Å²) in [5.41, 5.74) is 0.775. The van der Waals surface area contributed by atoms with Gasteiger partial charge in [0, 0.05) is 25.9 Å². The molecule has 9 atom stereocenters.